The predicted molar refractivity (Wildman–Crippen MR) is 79.4 cm³/mol. The third-order valence-electron chi connectivity index (χ3n) is 3.04. The van der Waals surface area contributed by atoms with E-state index in [1.165, 1.54) is 17.4 Å². The Labute approximate surface area is 123 Å². The zero-order chi connectivity index (χ0) is 14.3. The van der Waals surface area contributed by atoms with Crippen molar-refractivity contribution in [2.75, 3.05) is 5.73 Å². The van der Waals surface area contributed by atoms with Gasteiger partial charge in [0.1, 0.15) is 11.5 Å². The number of anilines is 1. The van der Waals surface area contributed by atoms with Gasteiger partial charge in [-0.2, -0.15) is 11.3 Å². The van der Waals surface area contributed by atoms with Crippen molar-refractivity contribution in [3.05, 3.63) is 45.4 Å². The fourth-order valence-electron chi connectivity index (χ4n) is 2.07. The van der Waals surface area contributed by atoms with E-state index in [0.29, 0.717) is 11.3 Å². The maximum atomic E-state index is 14.1. The number of nitrogens with two attached hydrogens (primary N) is 1. The largest absolute Gasteiger partial charge is 0.367 e. The van der Waals surface area contributed by atoms with E-state index in [1.54, 1.807) is 12.1 Å². The fraction of sp³-hybridized carbons (Fsp3) is 0.0714. The molecule has 2 heterocycles. The third-order valence-corrected chi connectivity index (χ3v) is 4.22. The molecule has 0 saturated heterocycles. The molecule has 0 aliphatic rings. The van der Waals surface area contributed by atoms with Crippen LogP contribution in [0.4, 0.5) is 10.3 Å². The van der Waals surface area contributed by atoms with Gasteiger partial charge in [-0.25, -0.2) is 4.39 Å². The van der Waals surface area contributed by atoms with Crippen LogP contribution in [0.1, 0.15) is 5.56 Å². The van der Waals surface area contributed by atoms with Gasteiger partial charge in [0.05, 0.1) is 10.6 Å². The maximum Gasteiger partial charge on any atom is 0.230 e. The number of hydrogen-bond acceptors (Lipinski definition) is 4. The molecule has 3 aromatic rings. The van der Waals surface area contributed by atoms with Gasteiger partial charge in [0, 0.05) is 16.5 Å². The van der Waals surface area contributed by atoms with Gasteiger partial charge in [-0.3, -0.25) is 0 Å². The summed E-state index contributed by atoms with van der Waals surface area (Å²) in [5.74, 6) is -0.404. The Bertz CT molecular complexity index is 761. The number of rotatable bonds is 2. The highest BCUT2D eigenvalue weighted by Gasteiger charge is 2.23. The molecular weight excluding hydrogens is 299 g/mol. The van der Waals surface area contributed by atoms with Crippen LogP contribution in [0.2, 0.25) is 5.02 Å². The van der Waals surface area contributed by atoms with Crippen molar-refractivity contribution in [3.8, 4) is 22.4 Å². The average molecular weight is 309 g/mol. The fourth-order valence-corrected chi connectivity index (χ4v) is 3.16. The van der Waals surface area contributed by atoms with Gasteiger partial charge >= 0.3 is 0 Å². The van der Waals surface area contributed by atoms with Crippen molar-refractivity contribution in [3.63, 3.8) is 0 Å². The summed E-state index contributed by atoms with van der Waals surface area (Å²) in [6, 6.07) is 4.48. The molecule has 0 unspecified atom stereocenters. The van der Waals surface area contributed by atoms with Gasteiger partial charge in [-0.05, 0) is 30.0 Å². The van der Waals surface area contributed by atoms with Gasteiger partial charge in [0.15, 0.2) is 0 Å². The first kappa shape index (κ1) is 13.1. The summed E-state index contributed by atoms with van der Waals surface area (Å²) >= 11 is 7.64. The lowest BCUT2D eigenvalue weighted by atomic mass is 10.0. The van der Waals surface area contributed by atoms with Crippen molar-refractivity contribution in [1.29, 1.82) is 0 Å². The van der Waals surface area contributed by atoms with Crippen LogP contribution in [-0.4, -0.2) is 5.16 Å². The SMILES string of the molecule is Cc1cscc1-c1noc(N)c1-c1c(F)cccc1Cl. The minimum absolute atomic E-state index is 0.0533. The Balaban J connectivity index is 2.31. The van der Waals surface area contributed by atoms with Crippen LogP contribution in [0, 0.1) is 12.7 Å². The zero-order valence-electron chi connectivity index (χ0n) is 10.5. The molecule has 6 heteroatoms. The number of thiophene rings is 1. The highest BCUT2D eigenvalue weighted by atomic mass is 35.5. The van der Waals surface area contributed by atoms with Crippen LogP contribution in [-0.2, 0) is 0 Å². The maximum absolute atomic E-state index is 14.1. The molecular formula is C14H10ClFN2OS. The van der Waals surface area contributed by atoms with Crippen molar-refractivity contribution < 1.29 is 8.91 Å². The van der Waals surface area contributed by atoms with Crippen molar-refractivity contribution in [2.24, 2.45) is 0 Å². The molecule has 0 spiro atoms. The number of hydrogen-bond donors (Lipinski definition) is 1. The van der Waals surface area contributed by atoms with Gasteiger partial charge in [-0.1, -0.05) is 22.8 Å². The predicted octanol–water partition coefficient (Wildman–Crippen LogP) is 4.75. The van der Waals surface area contributed by atoms with E-state index in [0.717, 1.165) is 11.1 Å². The van der Waals surface area contributed by atoms with E-state index in [1.807, 2.05) is 17.7 Å². The Morgan fingerprint density at radius 1 is 1.30 bits per heavy atom. The van der Waals surface area contributed by atoms with E-state index in [4.69, 9.17) is 21.9 Å². The zero-order valence-corrected chi connectivity index (χ0v) is 12.1. The van der Waals surface area contributed by atoms with Gasteiger partial charge in [-0.15, -0.1) is 0 Å². The lowest BCUT2D eigenvalue weighted by molar-refractivity contribution is 0.439. The third kappa shape index (κ3) is 1.99. The lowest BCUT2D eigenvalue weighted by Gasteiger charge is -2.06. The van der Waals surface area contributed by atoms with Crippen LogP contribution in [0.15, 0.2) is 33.5 Å². The molecule has 2 N–H and O–H groups in total. The molecule has 0 fully saturated rings. The van der Waals surface area contributed by atoms with Crippen molar-refractivity contribution in [2.45, 2.75) is 6.92 Å². The van der Waals surface area contributed by atoms with Gasteiger partial charge in [0.25, 0.3) is 0 Å². The monoisotopic (exact) mass is 308 g/mol. The highest BCUT2D eigenvalue weighted by Crippen LogP contribution is 2.42. The first-order valence-corrected chi connectivity index (χ1v) is 7.14. The highest BCUT2D eigenvalue weighted by molar-refractivity contribution is 7.08. The molecule has 102 valence electrons. The second kappa shape index (κ2) is 4.92. The summed E-state index contributed by atoms with van der Waals surface area (Å²) in [5.41, 5.74) is 8.83. The van der Waals surface area contributed by atoms with E-state index in [9.17, 15) is 4.39 Å². The van der Waals surface area contributed by atoms with Crippen LogP contribution >= 0.6 is 22.9 Å². The van der Waals surface area contributed by atoms with E-state index in [-0.39, 0.29) is 16.5 Å². The Kier molecular flexibility index (Phi) is 3.23. The molecule has 0 atom stereocenters. The number of benzene rings is 1. The molecule has 0 aliphatic carbocycles. The molecule has 0 amide bonds. The minimum atomic E-state index is -0.457. The molecule has 0 bridgehead atoms. The molecule has 0 radical (unpaired) electrons. The lowest BCUT2D eigenvalue weighted by Crippen LogP contribution is -1.92. The second-order valence-corrected chi connectivity index (χ2v) is 5.49. The number of nitrogen functional groups attached to an aromatic ring is 1. The van der Waals surface area contributed by atoms with Crippen LogP contribution in [0.25, 0.3) is 22.4 Å². The second-order valence-electron chi connectivity index (χ2n) is 4.34. The Morgan fingerprint density at radius 2 is 2.10 bits per heavy atom. The first-order chi connectivity index (χ1) is 9.59. The summed E-state index contributed by atoms with van der Waals surface area (Å²) in [6.07, 6.45) is 0. The van der Waals surface area contributed by atoms with Crippen LogP contribution < -0.4 is 5.73 Å². The van der Waals surface area contributed by atoms with Gasteiger partial charge < -0.3 is 10.3 Å². The standard InChI is InChI=1S/C14H10ClFN2OS/c1-7-5-20-6-8(7)13-12(14(17)19-18-13)11-9(15)3-2-4-10(11)16/h2-6H,17H2,1H3. The summed E-state index contributed by atoms with van der Waals surface area (Å²) in [7, 11) is 0. The molecule has 0 aliphatic heterocycles. The van der Waals surface area contributed by atoms with E-state index in [2.05, 4.69) is 5.16 Å². The summed E-state index contributed by atoms with van der Waals surface area (Å²) in [6.45, 7) is 1.95. The van der Waals surface area contributed by atoms with Crippen molar-refractivity contribution >= 4 is 28.8 Å². The average Bonchev–Trinajstić information content (AvgIpc) is 2.97. The molecule has 1 aromatic carbocycles. The number of aryl methyl sites for hydroxylation is 1. The Morgan fingerprint density at radius 3 is 2.75 bits per heavy atom. The minimum Gasteiger partial charge on any atom is -0.367 e. The van der Waals surface area contributed by atoms with E-state index < -0.39 is 5.82 Å². The Hall–Kier alpha value is -1.85. The molecule has 2 aromatic heterocycles. The smallest absolute Gasteiger partial charge is 0.230 e. The number of aromatic nitrogens is 1. The van der Waals surface area contributed by atoms with Crippen LogP contribution in [0.3, 0.4) is 0 Å². The normalized spacial score (nSPS) is 10.9. The molecule has 3 nitrogen and oxygen atoms in total. The summed E-state index contributed by atoms with van der Waals surface area (Å²) < 4.78 is 19.2. The number of halogens is 2. The van der Waals surface area contributed by atoms with E-state index >= 15 is 0 Å². The quantitative estimate of drug-likeness (QED) is 0.743. The summed E-state index contributed by atoms with van der Waals surface area (Å²) in [5, 5.41) is 8.13. The topological polar surface area (TPSA) is 52.0 Å². The number of nitrogens with zero attached hydrogens (tertiary/aromatic N) is 1. The molecule has 3 rings (SSSR count). The molecule has 0 saturated carbocycles. The summed E-state index contributed by atoms with van der Waals surface area (Å²) in [4.78, 5) is 0. The van der Waals surface area contributed by atoms with Crippen LogP contribution in [0.5, 0.6) is 0 Å². The first-order valence-electron chi connectivity index (χ1n) is 5.82. The van der Waals surface area contributed by atoms with Gasteiger partial charge in [0.2, 0.25) is 5.88 Å². The molecule has 20 heavy (non-hydrogen) atoms. The van der Waals surface area contributed by atoms with Crippen molar-refractivity contribution in [1.82, 2.24) is 5.16 Å².